The second-order valence-electron chi connectivity index (χ2n) is 1.36. The monoisotopic (exact) mass is 193 g/mol. The van der Waals surface area contributed by atoms with Gasteiger partial charge in [-0.25, -0.2) is 0 Å². The minimum atomic E-state index is 0.421. The van der Waals surface area contributed by atoms with E-state index in [1.165, 1.54) is 22.5 Å². The molecule has 0 saturated heterocycles. The van der Waals surface area contributed by atoms with E-state index in [9.17, 15) is 0 Å². The molecule has 0 radical (unpaired) electrons. The van der Waals surface area contributed by atoms with Gasteiger partial charge in [0.2, 0.25) is 0 Å². The van der Waals surface area contributed by atoms with Gasteiger partial charge in [-0.15, -0.1) is 0 Å². The second-order valence-corrected chi connectivity index (χ2v) is 2.18. The minimum absolute atomic E-state index is 0.421. The van der Waals surface area contributed by atoms with Crippen molar-refractivity contribution in [1.82, 2.24) is 0 Å². The van der Waals surface area contributed by atoms with Crippen LogP contribution in [0.2, 0.25) is 0 Å². The Kier molecular flexibility index (Phi) is 4.43. The van der Waals surface area contributed by atoms with Crippen LogP contribution in [0.15, 0.2) is 0 Å². The SMILES string of the molecule is CC(C)O[CH2][Sn+3]. The Morgan fingerprint density at radius 1 is 1.67 bits per heavy atom. The summed E-state index contributed by atoms with van der Waals surface area (Å²) in [5.41, 5.74) is 0. The van der Waals surface area contributed by atoms with Crippen molar-refractivity contribution in [2.45, 2.75) is 20.0 Å². The van der Waals surface area contributed by atoms with Crippen LogP contribution in [0.3, 0.4) is 0 Å². The van der Waals surface area contributed by atoms with E-state index in [0.29, 0.717) is 6.10 Å². The molecule has 0 unspecified atom stereocenters. The fraction of sp³-hybridized carbons (Fsp3) is 1.00. The molecule has 0 heterocycles. The van der Waals surface area contributed by atoms with Crippen LogP contribution in [0.5, 0.6) is 0 Å². The molecule has 0 N–H and O–H groups in total. The summed E-state index contributed by atoms with van der Waals surface area (Å²) in [6.45, 7) is 4.09. The van der Waals surface area contributed by atoms with Gasteiger partial charge in [0.1, 0.15) is 0 Å². The Labute approximate surface area is 52.2 Å². The summed E-state index contributed by atoms with van der Waals surface area (Å²) in [6, 6.07) is 0. The maximum atomic E-state index is 5.08. The molecule has 0 aliphatic carbocycles. The fourth-order valence-corrected chi connectivity index (χ4v) is 1.12. The van der Waals surface area contributed by atoms with Crippen molar-refractivity contribution in [3.8, 4) is 0 Å². The van der Waals surface area contributed by atoms with Crippen LogP contribution in [-0.2, 0) is 4.74 Å². The van der Waals surface area contributed by atoms with Crippen molar-refractivity contribution < 1.29 is 4.74 Å². The van der Waals surface area contributed by atoms with Crippen LogP contribution >= 0.6 is 0 Å². The molecule has 2 heteroatoms. The molecule has 0 fully saturated rings. The van der Waals surface area contributed by atoms with Gasteiger partial charge in [-0.3, -0.25) is 0 Å². The third kappa shape index (κ3) is 4.76. The second kappa shape index (κ2) is 3.93. The van der Waals surface area contributed by atoms with E-state index < -0.39 is 0 Å². The normalized spacial score (nSPS) is 10.2. The number of ether oxygens (including phenoxy) is 1. The molecule has 0 amide bonds. The zero-order valence-corrected chi connectivity index (χ0v) is 7.05. The predicted octanol–water partition coefficient (Wildman–Crippen LogP) is 0.537. The molecule has 0 aromatic carbocycles. The third-order valence-electron chi connectivity index (χ3n) is 0.417. The molecule has 0 aromatic rings. The Hall–Kier alpha value is 0.759. The van der Waals surface area contributed by atoms with Crippen LogP contribution in [0.1, 0.15) is 13.8 Å². The van der Waals surface area contributed by atoms with Gasteiger partial charge in [0.05, 0.1) is 0 Å². The Bertz CT molecular complexity index is 28.7. The van der Waals surface area contributed by atoms with Crippen LogP contribution in [-0.4, -0.2) is 33.3 Å². The van der Waals surface area contributed by atoms with E-state index in [2.05, 4.69) is 0 Å². The Morgan fingerprint density at radius 3 is 2.17 bits per heavy atom. The van der Waals surface area contributed by atoms with E-state index >= 15 is 0 Å². The first kappa shape index (κ1) is 6.76. The molecule has 0 saturated carbocycles. The molecule has 0 aromatic heterocycles. The first-order chi connectivity index (χ1) is 2.77. The summed E-state index contributed by atoms with van der Waals surface area (Å²) < 4.78 is 6.00. The van der Waals surface area contributed by atoms with Crippen LogP contribution in [0.25, 0.3) is 0 Å². The van der Waals surface area contributed by atoms with Gasteiger partial charge in [0.25, 0.3) is 0 Å². The summed E-state index contributed by atoms with van der Waals surface area (Å²) in [4.78, 5) is 0. The van der Waals surface area contributed by atoms with Gasteiger partial charge in [-0.05, 0) is 0 Å². The van der Waals surface area contributed by atoms with Crippen LogP contribution in [0.4, 0.5) is 0 Å². The van der Waals surface area contributed by atoms with E-state index in [0.717, 1.165) is 4.62 Å². The number of rotatable bonds is 2. The van der Waals surface area contributed by atoms with E-state index in [4.69, 9.17) is 4.74 Å². The average molecular weight is 192 g/mol. The van der Waals surface area contributed by atoms with Gasteiger partial charge in [0.15, 0.2) is 0 Å². The molecule has 0 atom stereocenters. The molecule has 0 spiro atoms. The average Bonchev–Trinajstić information content (AvgIpc) is 1.35. The summed E-state index contributed by atoms with van der Waals surface area (Å²) in [7, 11) is 0. The van der Waals surface area contributed by atoms with Crippen molar-refractivity contribution in [1.29, 1.82) is 0 Å². The molecule has 0 rings (SSSR count). The summed E-state index contributed by atoms with van der Waals surface area (Å²) in [6.07, 6.45) is 0.421. The van der Waals surface area contributed by atoms with Gasteiger partial charge >= 0.3 is 51.8 Å². The first-order valence-corrected chi connectivity index (χ1v) is 4.05. The van der Waals surface area contributed by atoms with Gasteiger partial charge in [0, 0.05) is 0 Å². The predicted molar refractivity (Wildman–Crippen MR) is 26.8 cm³/mol. The van der Waals surface area contributed by atoms with E-state index in [1.807, 2.05) is 13.8 Å². The number of hydrogen-bond donors (Lipinski definition) is 0. The van der Waals surface area contributed by atoms with Crippen molar-refractivity contribution >= 4 is 22.5 Å². The maximum absolute atomic E-state index is 5.08. The molecule has 1 nitrogen and oxygen atoms in total. The third-order valence-corrected chi connectivity index (χ3v) is 0.892. The van der Waals surface area contributed by atoms with Crippen molar-refractivity contribution in [3.05, 3.63) is 0 Å². The van der Waals surface area contributed by atoms with Crippen LogP contribution in [0, 0.1) is 0 Å². The standard InChI is InChI=1S/C4H9O.Sn/c1-4(2)5-3;/h4H,3H2,1-2H3;/q;+3. The number of hydrogen-bond acceptors (Lipinski definition) is 1. The van der Waals surface area contributed by atoms with Crippen molar-refractivity contribution in [2.75, 3.05) is 4.62 Å². The topological polar surface area (TPSA) is 9.23 Å². The van der Waals surface area contributed by atoms with Gasteiger partial charge < -0.3 is 0 Å². The first-order valence-electron chi connectivity index (χ1n) is 2.03. The van der Waals surface area contributed by atoms with Crippen LogP contribution < -0.4 is 0 Å². The zero-order valence-electron chi connectivity index (χ0n) is 4.19. The fourth-order valence-electron chi connectivity index (χ4n) is 0.167. The molecule has 6 heavy (non-hydrogen) atoms. The van der Waals surface area contributed by atoms with Crippen molar-refractivity contribution in [2.24, 2.45) is 0 Å². The molecule has 0 aliphatic heterocycles. The zero-order chi connectivity index (χ0) is 4.99. The molecular weight excluding hydrogens is 183 g/mol. The summed E-state index contributed by atoms with van der Waals surface area (Å²) in [5, 5.41) is 0. The van der Waals surface area contributed by atoms with Crippen molar-refractivity contribution in [3.63, 3.8) is 0 Å². The quantitative estimate of drug-likeness (QED) is 0.580. The molecule has 0 bridgehead atoms. The summed E-state index contributed by atoms with van der Waals surface area (Å²) >= 11 is 1.46. The Morgan fingerprint density at radius 2 is 2.17 bits per heavy atom. The Balaban J connectivity index is 2.63. The van der Waals surface area contributed by atoms with E-state index in [1.54, 1.807) is 0 Å². The van der Waals surface area contributed by atoms with Gasteiger partial charge in [-0.1, -0.05) is 0 Å². The van der Waals surface area contributed by atoms with E-state index in [-0.39, 0.29) is 0 Å². The molecule has 32 valence electrons. The molecule has 0 aliphatic rings. The molecular formula is C4H9OSn+3. The van der Waals surface area contributed by atoms with Gasteiger partial charge in [-0.2, -0.15) is 0 Å². The summed E-state index contributed by atoms with van der Waals surface area (Å²) in [5.74, 6) is 0.